The minimum Gasteiger partial charge on any atom is -0.507 e. The molecule has 1 atom stereocenters. The summed E-state index contributed by atoms with van der Waals surface area (Å²) in [7, 11) is 0. The molecule has 0 saturated heterocycles. The lowest BCUT2D eigenvalue weighted by Gasteiger charge is -2.29. The number of carbonyl (C=O) groups excluding carboxylic acids is 1. The van der Waals surface area contributed by atoms with Gasteiger partial charge in [-0.1, -0.05) is 36.4 Å². The first kappa shape index (κ1) is 18.0. The van der Waals surface area contributed by atoms with E-state index >= 15 is 0 Å². The Morgan fingerprint density at radius 3 is 2.50 bits per heavy atom. The Hall–Kier alpha value is -3.38. The smallest absolute Gasteiger partial charge is 0.339 e. The lowest BCUT2D eigenvalue weighted by molar-refractivity contribution is -0.120. The van der Waals surface area contributed by atoms with Crippen LogP contribution in [-0.4, -0.2) is 22.1 Å². The Kier molecular flexibility index (Phi) is 4.71. The van der Waals surface area contributed by atoms with E-state index in [0.717, 1.165) is 22.4 Å². The summed E-state index contributed by atoms with van der Waals surface area (Å²) >= 11 is 1.56. The van der Waals surface area contributed by atoms with E-state index in [9.17, 15) is 14.7 Å². The summed E-state index contributed by atoms with van der Waals surface area (Å²) in [5.41, 5.74) is 4.13. The Labute approximate surface area is 165 Å². The van der Waals surface area contributed by atoms with Crippen LogP contribution in [0.1, 0.15) is 39.4 Å². The van der Waals surface area contributed by atoms with Gasteiger partial charge in [0.2, 0.25) is 5.91 Å². The number of hydrogen-bond donors (Lipinski definition) is 3. The van der Waals surface area contributed by atoms with Crippen molar-refractivity contribution < 1.29 is 19.8 Å². The second kappa shape index (κ2) is 7.32. The van der Waals surface area contributed by atoms with E-state index in [2.05, 4.69) is 5.32 Å². The number of thiophene rings is 1. The zero-order chi connectivity index (χ0) is 19.7. The topological polar surface area (TPSA) is 86.6 Å². The maximum absolute atomic E-state index is 12.5. The van der Waals surface area contributed by atoms with Crippen molar-refractivity contribution in [2.24, 2.45) is 0 Å². The summed E-state index contributed by atoms with van der Waals surface area (Å²) < 4.78 is 0. The van der Waals surface area contributed by atoms with E-state index in [4.69, 9.17) is 5.11 Å². The molecule has 1 aromatic heterocycles. The average molecular weight is 391 g/mol. The van der Waals surface area contributed by atoms with Gasteiger partial charge in [0.05, 0.1) is 5.70 Å². The molecule has 140 valence electrons. The quantitative estimate of drug-likeness (QED) is 0.618. The second-order valence-corrected chi connectivity index (χ2v) is 7.33. The number of allylic oxidation sites excluding steroid dienone is 1. The van der Waals surface area contributed by atoms with Gasteiger partial charge in [-0.2, -0.15) is 11.3 Å². The maximum atomic E-state index is 12.5. The molecule has 1 aliphatic rings. The Bertz CT molecular complexity index is 1070. The normalized spacial score (nSPS) is 16.7. The highest BCUT2D eigenvalue weighted by atomic mass is 32.1. The van der Waals surface area contributed by atoms with Gasteiger partial charge in [0.25, 0.3) is 0 Å². The number of rotatable bonds is 4. The van der Waals surface area contributed by atoms with E-state index in [1.807, 2.05) is 47.2 Å². The highest BCUT2D eigenvalue weighted by Gasteiger charge is 2.31. The second-order valence-electron chi connectivity index (χ2n) is 6.55. The van der Waals surface area contributed by atoms with Gasteiger partial charge < -0.3 is 15.5 Å². The van der Waals surface area contributed by atoms with Gasteiger partial charge in [-0.3, -0.25) is 4.79 Å². The summed E-state index contributed by atoms with van der Waals surface area (Å²) in [5.74, 6) is -1.91. The number of amides is 1. The van der Waals surface area contributed by atoms with Crippen LogP contribution < -0.4 is 5.32 Å². The van der Waals surface area contributed by atoms with Crippen molar-refractivity contribution in [3.05, 3.63) is 87.6 Å². The number of nitrogens with one attached hydrogen (secondary N) is 1. The molecule has 0 aliphatic carbocycles. The first-order valence-electron chi connectivity index (χ1n) is 8.73. The summed E-state index contributed by atoms with van der Waals surface area (Å²) in [6, 6.07) is 16.1. The minimum absolute atomic E-state index is 0.121. The Morgan fingerprint density at radius 2 is 1.86 bits per heavy atom. The van der Waals surface area contributed by atoms with Gasteiger partial charge in [-0.25, -0.2) is 4.79 Å². The van der Waals surface area contributed by atoms with Crippen molar-refractivity contribution in [2.75, 3.05) is 0 Å². The molecular formula is C22H17NO4S. The molecule has 2 aromatic carbocycles. The fraction of sp³-hybridized carbons (Fsp3) is 0.0909. The fourth-order valence-electron chi connectivity index (χ4n) is 3.55. The monoisotopic (exact) mass is 391 g/mol. The third-order valence-electron chi connectivity index (χ3n) is 4.82. The van der Waals surface area contributed by atoms with Crippen molar-refractivity contribution in [2.45, 2.75) is 12.3 Å². The van der Waals surface area contributed by atoms with E-state index < -0.39 is 5.97 Å². The molecule has 1 aliphatic heterocycles. The Morgan fingerprint density at radius 1 is 1.07 bits per heavy atom. The van der Waals surface area contributed by atoms with E-state index in [0.29, 0.717) is 5.56 Å². The molecule has 2 heterocycles. The van der Waals surface area contributed by atoms with Gasteiger partial charge in [-0.05, 0) is 51.2 Å². The lowest BCUT2D eigenvalue weighted by Crippen LogP contribution is -2.30. The largest absolute Gasteiger partial charge is 0.507 e. The van der Waals surface area contributed by atoms with Crippen LogP contribution in [0.25, 0.3) is 11.3 Å². The predicted molar refractivity (Wildman–Crippen MR) is 108 cm³/mol. The highest BCUT2D eigenvalue weighted by molar-refractivity contribution is 7.08. The molecule has 4 rings (SSSR count). The van der Waals surface area contributed by atoms with Crippen LogP contribution >= 0.6 is 11.3 Å². The van der Waals surface area contributed by atoms with Gasteiger partial charge in [-0.15, -0.1) is 0 Å². The molecule has 3 N–H and O–H groups in total. The SMILES string of the molecule is O=C1CC(c2ccc(C(=O)O)c(O)c2)C(c2ccsc2)=C(c2ccccc2)N1. The number of carbonyl (C=O) groups is 2. The van der Waals surface area contributed by atoms with Crippen molar-refractivity contribution in [1.29, 1.82) is 0 Å². The van der Waals surface area contributed by atoms with Crippen molar-refractivity contribution in [1.82, 2.24) is 5.32 Å². The van der Waals surface area contributed by atoms with Gasteiger partial charge >= 0.3 is 5.97 Å². The zero-order valence-electron chi connectivity index (χ0n) is 14.8. The maximum Gasteiger partial charge on any atom is 0.339 e. The van der Waals surface area contributed by atoms with Crippen LogP contribution in [0.15, 0.2) is 65.4 Å². The number of hydrogen-bond acceptors (Lipinski definition) is 4. The molecule has 0 radical (unpaired) electrons. The standard InChI is InChI=1S/C22H17NO4S/c24-18-10-14(6-7-16(18)22(26)27)17-11-19(25)23-21(13-4-2-1-3-5-13)20(17)15-8-9-28-12-15/h1-10,12,17,24H,11H2,(H,23,25)(H,26,27). The van der Waals surface area contributed by atoms with Crippen LogP contribution in [-0.2, 0) is 4.79 Å². The Balaban J connectivity index is 1.91. The van der Waals surface area contributed by atoms with Gasteiger partial charge in [0.1, 0.15) is 11.3 Å². The molecule has 6 heteroatoms. The van der Waals surface area contributed by atoms with Crippen LogP contribution in [0.2, 0.25) is 0 Å². The molecule has 28 heavy (non-hydrogen) atoms. The zero-order valence-corrected chi connectivity index (χ0v) is 15.6. The average Bonchev–Trinajstić information content (AvgIpc) is 3.22. The van der Waals surface area contributed by atoms with E-state index in [1.165, 1.54) is 12.1 Å². The van der Waals surface area contributed by atoms with E-state index in [-0.39, 0.29) is 29.6 Å². The molecule has 0 spiro atoms. The van der Waals surface area contributed by atoms with Crippen LogP contribution in [0.3, 0.4) is 0 Å². The molecule has 3 aromatic rings. The molecule has 0 saturated carbocycles. The molecule has 0 fully saturated rings. The summed E-state index contributed by atoms with van der Waals surface area (Å²) in [6.45, 7) is 0. The van der Waals surface area contributed by atoms with Crippen molar-refractivity contribution in [3.63, 3.8) is 0 Å². The molecular weight excluding hydrogens is 374 g/mol. The number of carboxylic acid groups (broad SMARTS) is 1. The van der Waals surface area contributed by atoms with Gasteiger partial charge in [0, 0.05) is 12.3 Å². The summed E-state index contributed by atoms with van der Waals surface area (Å²) in [6.07, 6.45) is 0.216. The summed E-state index contributed by atoms with van der Waals surface area (Å²) in [4.78, 5) is 23.7. The van der Waals surface area contributed by atoms with Gasteiger partial charge in [0.15, 0.2) is 0 Å². The van der Waals surface area contributed by atoms with Crippen molar-refractivity contribution >= 4 is 34.5 Å². The van der Waals surface area contributed by atoms with Crippen molar-refractivity contribution in [3.8, 4) is 5.75 Å². The predicted octanol–water partition coefficient (Wildman–Crippen LogP) is 4.32. The summed E-state index contributed by atoms with van der Waals surface area (Å²) in [5, 5.41) is 26.3. The van der Waals surface area contributed by atoms with E-state index in [1.54, 1.807) is 17.4 Å². The molecule has 1 amide bonds. The fourth-order valence-corrected chi connectivity index (χ4v) is 4.20. The number of carboxylic acids is 1. The third kappa shape index (κ3) is 3.30. The third-order valence-corrected chi connectivity index (χ3v) is 5.50. The highest BCUT2D eigenvalue weighted by Crippen LogP contribution is 2.43. The number of aromatic carboxylic acids is 1. The molecule has 1 unspecified atom stereocenters. The number of benzene rings is 2. The van der Waals surface area contributed by atoms with Crippen LogP contribution in [0, 0.1) is 0 Å². The first-order valence-corrected chi connectivity index (χ1v) is 9.67. The molecule has 5 nitrogen and oxygen atoms in total. The lowest BCUT2D eigenvalue weighted by atomic mass is 9.80. The number of phenols is 1. The van der Waals surface area contributed by atoms with Crippen LogP contribution in [0.4, 0.5) is 0 Å². The van der Waals surface area contributed by atoms with Crippen LogP contribution in [0.5, 0.6) is 5.75 Å². The first-order chi connectivity index (χ1) is 13.5. The molecule has 0 bridgehead atoms. The number of aromatic hydroxyl groups is 1. The minimum atomic E-state index is -1.19.